The number of rotatable bonds is 14. The van der Waals surface area contributed by atoms with Gasteiger partial charge in [0.15, 0.2) is 0 Å². The van der Waals surface area contributed by atoms with Gasteiger partial charge in [-0.05, 0) is 17.7 Å². The molecular weight excluding hydrogens is 506 g/mol. The number of amides is 4. The fourth-order valence-corrected chi connectivity index (χ4v) is 3.48. The molecule has 0 saturated heterocycles. The number of carbonyl (C=O) groups is 5. The minimum atomic E-state index is -1.52. The van der Waals surface area contributed by atoms with Crippen LogP contribution in [0.3, 0.4) is 0 Å². The van der Waals surface area contributed by atoms with Gasteiger partial charge in [-0.3, -0.25) is 19.2 Å². The number of aromatic nitrogens is 2. The number of hydrogen-bond donors (Lipinski definition) is 9. The maximum absolute atomic E-state index is 12.8. The van der Waals surface area contributed by atoms with E-state index in [-0.39, 0.29) is 24.3 Å². The Kier molecular flexibility index (Phi) is 10.9. The SMILES string of the molecule is NC(=O)CC(NC(=O)C(CS)NC(=O)C(N)Cc1cnc[nH]1)C(=O)NC(Cc1ccc(O)cc1)C(=O)O. The first-order valence-corrected chi connectivity index (χ1v) is 11.7. The number of aliphatic carboxylic acids is 1. The number of H-pyrrole nitrogens is 1. The van der Waals surface area contributed by atoms with Gasteiger partial charge in [0.2, 0.25) is 23.6 Å². The third kappa shape index (κ3) is 9.46. The number of carboxylic acid groups (broad SMARTS) is 1. The summed E-state index contributed by atoms with van der Waals surface area (Å²) in [5, 5.41) is 25.9. The Bertz CT molecular complexity index is 1100. The van der Waals surface area contributed by atoms with Crippen LogP contribution in [-0.2, 0) is 36.8 Å². The summed E-state index contributed by atoms with van der Waals surface area (Å²) in [6.07, 6.45) is 2.28. The van der Waals surface area contributed by atoms with Crippen molar-refractivity contribution in [2.24, 2.45) is 11.5 Å². The number of nitrogens with one attached hydrogen (secondary N) is 4. The molecule has 0 aliphatic carbocycles. The largest absolute Gasteiger partial charge is 0.508 e. The third-order valence-corrected chi connectivity index (χ3v) is 5.54. The van der Waals surface area contributed by atoms with E-state index in [1.165, 1.54) is 36.8 Å². The molecule has 1 heterocycles. The van der Waals surface area contributed by atoms with Gasteiger partial charge in [-0.1, -0.05) is 12.1 Å². The Labute approximate surface area is 217 Å². The smallest absolute Gasteiger partial charge is 0.326 e. The summed E-state index contributed by atoms with van der Waals surface area (Å²) in [6.45, 7) is 0. The first kappa shape index (κ1) is 29.1. The molecule has 37 heavy (non-hydrogen) atoms. The molecule has 200 valence electrons. The van der Waals surface area contributed by atoms with E-state index in [2.05, 4.69) is 38.5 Å². The van der Waals surface area contributed by atoms with E-state index < -0.39 is 60.2 Å². The molecule has 4 atom stereocenters. The maximum Gasteiger partial charge on any atom is 0.326 e. The minimum Gasteiger partial charge on any atom is -0.508 e. The number of imidazole rings is 1. The van der Waals surface area contributed by atoms with Crippen LogP contribution in [0.25, 0.3) is 0 Å². The second-order valence-corrected chi connectivity index (χ2v) is 8.50. The first-order chi connectivity index (χ1) is 17.5. The molecule has 2 aromatic rings. The fraction of sp³-hybridized carbons (Fsp3) is 0.364. The van der Waals surface area contributed by atoms with Gasteiger partial charge in [0, 0.05) is 30.5 Å². The number of aromatic amines is 1. The van der Waals surface area contributed by atoms with Crippen molar-refractivity contribution in [1.82, 2.24) is 25.9 Å². The summed E-state index contributed by atoms with van der Waals surface area (Å²) in [5.74, 6) is -4.98. The van der Waals surface area contributed by atoms with Crippen LogP contribution >= 0.6 is 12.6 Å². The van der Waals surface area contributed by atoms with E-state index in [0.29, 0.717) is 11.3 Å². The van der Waals surface area contributed by atoms with Crippen molar-refractivity contribution in [3.63, 3.8) is 0 Å². The van der Waals surface area contributed by atoms with Crippen molar-refractivity contribution in [2.75, 3.05) is 5.75 Å². The zero-order valence-electron chi connectivity index (χ0n) is 19.6. The number of hydrogen-bond acceptors (Lipinski definition) is 9. The molecule has 1 aromatic heterocycles. The van der Waals surface area contributed by atoms with Crippen molar-refractivity contribution in [1.29, 1.82) is 0 Å². The van der Waals surface area contributed by atoms with E-state index in [0.717, 1.165) is 0 Å². The molecule has 14 nitrogen and oxygen atoms in total. The summed E-state index contributed by atoms with van der Waals surface area (Å²) >= 11 is 4.06. The van der Waals surface area contributed by atoms with Crippen molar-refractivity contribution in [2.45, 2.75) is 43.4 Å². The van der Waals surface area contributed by atoms with Crippen LogP contribution in [0, 0.1) is 0 Å². The number of nitrogens with zero attached hydrogens (tertiary/aromatic N) is 1. The monoisotopic (exact) mass is 535 g/mol. The number of aromatic hydroxyl groups is 1. The van der Waals surface area contributed by atoms with Gasteiger partial charge in [-0.2, -0.15) is 12.6 Å². The number of thiol groups is 1. The van der Waals surface area contributed by atoms with Gasteiger partial charge < -0.3 is 42.6 Å². The highest BCUT2D eigenvalue weighted by Gasteiger charge is 2.31. The summed E-state index contributed by atoms with van der Waals surface area (Å²) in [6, 6.07) is 0.511. The third-order valence-electron chi connectivity index (χ3n) is 5.18. The van der Waals surface area contributed by atoms with E-state index in [4.69, 9.17) is 11.5 Å². The number of phenolic OH excluding ortho intramolecular Hbond substituents is 1. The molecular formula is C22H29N7O7S. The molecule has 15 heteroatoms. The highest BCUT2D eigenvalue weighted by molar-refractivity contribution is 7.80. The molecule has 0 bridgehead atoms. The van der Waals surface area contributed by atoms with E-state index in [9.17, 15) is 34.2 Å². The standard InChI is InChI=1S/C22H29N7O7S/c23-14(6-12-8-25-10-26-12)19(32)29-17(9-37)21(34)27-15(7-18(24)31)20(33)28-16(22(35)36)5-11-1-3-13(30)4-2-11/h1-4,8,10,14-17,30,37H,5-7,9,23H2,(H2,24,31)(H,25,26)(H,27,34)(H,28,33)(H,29,32)(H,35,36). The quantitative estimate of drug-likeness (QED) is 0.117. The average Bonchev–Trinajstić information content (AvgIpc) is 3.35. The van der Waals surface area contributed by atoms with Crippen LogP contribution < -0.4 is 27.4 Å². The lowest BCUT2D eigenvalue weighted by molar-refractivity contribution is -0.142. The molecule has 0 aliphatic heterocycles. The molecule has 0 spiro atoms. The van der Waals surface area contributed by atoms with Crippen molar-refractivity contribution < 1.29 is 34.2 Å². The fourth-order valence-electron chi connectivity index (χ4n) is 3.22. The second kappa shape index (κ2) is 13.8. The number of nitrogens with two attached hydrogens (primary N) is 2. The Morgan fingerprint density at radius 2 is 1.54 bits per heavy atom. The number of benzene rings is 1. The molecule has 1 aromatic carbocycles. The average molecular weight is 536 g/mol. The van der Waals surface area contributed by atoms with Crippen LogP contribution in [0.4, 0.5) is 0 Å². The topological polar surface area (TPSA) is 243 Å². The molecule has 2 rings (SSSR count). The Morgan fingerprint density at radius 1 is 0.946 bits per heavy atom. The van der Waals surface area contributed by atoms with Crippen molar-refractivity contribution in [3.8, 4) is 5.75 Å². The van der Waals surface area contributed by atoms with E-state index in [1.807, 2.05) is 0 Å². The Hall–Kier alpha value is -4.11. The highest BCUT2D eigenvalue weighted by atomic mass is 32.1. The Balaban J connectivity index is 2.05. The molecule has 4 amide bonds. The van der Waals surface area contributed by atoms with Crippen LogP contribution in [0.15, 0.2) is 36.8 Å². The van der Waals surface area contributed by atoms with Gasteiger partial charge in [-0.15, -0.1) is 0 Å². The maximum atomic E-state index is 12.8. The molecule has 0 saturated carbocycles. The van der Waals surface area contributed by atoms with Gasteiger partial charge in [0.1, 0.15) is 23.9 Å². The highest BCUT2D eigenvalue weighted by Crippen LogP contribution is 2.12. The number of carbonyl (C=O) groups excluding carboxylic acids is 4. The summed E-state index contributed by atoms with van der Waals surface area (Å²) < 4.78 is 0. The number of primary amides is 1. The van der Waals surface area contributed by atoms with Crippen LogP contribution in [0.1, 0.15) is 17.7 Å². The lowest BCUT2D eigenvalue weighted by Gasteiger charge is -2.24. The summed E-state index contributed by atoms with van der Waals surface area (Å²) in [5.41, 5.74) is 12.2. The van der Waals surface area contributed by atoms with E-state index >= 15 is 0 Å². The summed E-state index contributed by atoms with van der Waals surface area (Å²) in [4.78, 5) is 67.9. The molecule has 4 unspecified atom stereocenters. The van der Waals surface area contributed by atoms with Gasteiger partial charge in [0.05, 0.1) is 18.8 Å². The lowest BCUT2D eigenvalue weighted by atomic mass is 10.0. The molecule has 0 aliphatic rings. The van der Waals surface area contributed by atoms with Crippen LogP contribution in [0.2, 0.25) is 0 Å². The number of carboxylic acids is 1. The van der Waals surface area contributed by atoms with E-state index in [1.54, 1.807) is 0 Å². The molecule has 0 radical (unpaired) electrons. The molecule has 10 N–H and O–H groups in total. The first-order valence-electron chi connectivity index (χ1n) is 11.0. The zero-order chi connectivity index (χ0) is 27.5. The zero-order valence-corrected chi connectivity index (χ0v) is 20.5. The van der Waals surface area contributed by atoms with Gasteiger partial charge >= 0.3 is 5.97 Å². The normalized spacial score (nSPS) is 14.0. The van der Waals surface area contributed by atoms with Crippen LogP contribution in [-0.4, -0.2) is 79.7 Å². The van der Waals surface area contributed by atoms with Crippen molar-refractivity contribution >= 4 is 42.2 Å². The second-order valence-electron chi connectivity index (χ2n) is 8.13. The van der Waals surface area contributed by atoms with Crippen LogP contribution in [0.5, 0.6) is 5.75 Å². The Morgan fingerprint density at radius 3 is 2.08 bits per heavy atom. The predicted octanol–water partition coefficient (Wildman–Crippen LogP) is -2.43. The lowest BCUT2D eigenvalue weighted by Crippen LogP contribution is -2.58. The number of phenols is 1. The van der Waals surface area contributed by atoms with Gasteiger partial charge in [-0.25, -0.2) is 9.78 Å². The summed E-state index contributed by atoms with van der Waals surface area (Å²) in [7, 11) is 0. The van der Waals surface area contributed by atoms with Gasteiger partial charge in [0.25, 0.3) is 0 Å². The van der Waals surface area contributed by atoms with Crippen molar-refractivity contribution in [3.05, 3.63) is 48.0 Å². The minimum absolute atomic E-state index is 0.0167. The predicted molar refractivity (Wildman–Crippen MR) is 133 cm³/mol. The molecule has 0 fully saturated rings.